The van der Waals surface area contributed by atoms with Crippen LogP contribution in [0, 0.1) is 5.92 Å². The highest BCUT2D eigenvalue weighted by atomic mass is 16.5. The molecule has 19 heavy (non-hydrogen) atoms. The summed E-state index contributed by atoms with van der Waals surface area (Å²) in [6.45, 7) is 6.71. The van der Waals surface area contributed by atoms with Crippen LogP contribution in [0.4, 0.5) is 0 Å². The summed E-state index contributed by atoms with van der Waals surface area (Å²) in [6, 6.07) is 1.57. The lowest BCUT2D eigenvalue weighted by atomic mass is 9.81. The van der Waals surface area contributed by atoms with Gasteiger partial charge >= 0.3 is 0 Å². The molecule has 0 radical (unpaired) electrons. The summed E-state index contributed by atoms with van der Waals surface area (Å²) in [6.07, 6.45) is 10.4. The van der Waals surface area contributed by atoms with Crippen molar-refractivity contribution in [3.8, 4) is 0 Å². The summed E-state index contributed by atoms with van der Waals surface area (Å²) in [5.41, 5.74) is 0. The molecule has 0 bridgehead atoms. The van der Waals surface area contributed by atoms with E-state index >= 15 is 0 Å². The summed E-state index contributed by atoms with van der Waals surface area (Å²) in [5, 5.41) is 3.79. The van der Waals surface area contributed by atoms with Gasteiger partial charge in [0, 0.05) is 38.3 Å². The van der Waals surface area contributed by atoms with Gasteiger partial charge < -0.3 is 10.1 Å². The summed E-state index contributed by atoms with van der Waals surface area (Å²) >= 11 is 0. The van der Waals surface area contributed by atoms with Gasteiger partial charge in [0.2, 0.25) is 0 Å². The predicted molar refractivity (Wildman–Crippen MR) is 78.4 cm³/mol. The molecule has 1 unspecified atom stereocenters. The van der Waals surface area contributed by atoms with E-state index in [0.717, 1.165) is 24.6 Å². The Morgan fingerprint density at radius 3 is 2.68 bits per heavy atom. The van der Waals surface area contributed by atoms with Crippen molar-refractivity contribution in [2.75, 3.05) is 26.2 Å². The minimum absolute atomic E-state index is 0.554. The fraction of sp³-hybridized carbons (Fsp3) is 1.00. The van der Waals surface area contributed by atoms with Crippen molar-refractivity contribution in [2.45, 2.75) is 70.1 Å². The fourth-order valence-electron chi connectivity index (χ4n) is 4.19. The largest absolute Gasteiger partial charge is 0.378 e. The van der Waals surface area contributed by atoms with Crippen molar-refractivity contribution >= 4 is 0 Å². The van der Waals surface area contributed by atoms with E-state index in [1.807, 2.05) is 0 Å². The number of nitrogens with one attached hydrogen (secondary N) is 1. The minimum Gasteiger partial charge on any atom is -0.378 e. The first-order valence-corrected chi connectivity index (χ1v) is 8.46. The number of hydrogen-bond donors (Lipinski definition) is 1. The quantitative estimate of drug-likeness (QED) is 0.845. The lowest BCUT2D eigenvalue weighted by molar-refractivity contribution is -0.0549. The molecule has 0 aromatic carbocycles. The molecule has 2 aliphatic carbocycles. The number of nitrogens with zero attached hydrogens (tertiary/aromatic N) is 1. The molecule has 1 N–H and O–H groups in total. The number of rotatable bonds is 4. The fourth-order valence-corrected chi connectivity index (χ4v) is 4.19. The molecule has 0 spiro atoms. The van der Waals surface area contributed by atoms with E-state index in [9.17, 15) is 0 Å². The normalized spacial score (nSPS) is 38.1. The second-order valence-electron chi connectivity index (χ2n) is 6.66. The van der Waals surface area contributed by atoms with Crippen molar-refractivity contribution in [1.29, 1.82) is 0 Å². The second-order valence-corrected chi connectivity index (χ2v) is 6.66. The molecule has 1 saturated heterocycles. The van der Waals surface area contributed by atoms with Crippen molar-refractivity contribution in [1.82, 2.24) is 10.2 Å². The van der Waals surface area contributed by atoms with Crippen LogP contribution in [-0.4, -0.2) is 49.3 Å². The zero-order chi connectivity index (χ0) is 13.1. The number of ether oxygens (including phenoxy) is 1. The highest BCUT2D eigenvalue weighted by Gasteiger charge is 2.37. The molecule has 1 heterocycles. The Bertz CT molecular complexity index is 272. The summed E-state index contributed by atoms with van der Waals surface area (Å²) < 4.78 is 5.70. The van der Waals surface area contributed by atoms with Gasteiger partial charge in [-0.1, -0.05) is 19.3 Å². The third-order valence-corrected chi connectivity index (χ3v) is 5.44. The molecule has 2 saturated carbocycles. The Labute approximate surface area is 118 Å². The Hall–Kier alpha value is -0.120. The Morgan fingerprint density at radius 1 is 1.16 bits per heavy atom. The standard InChI is InChI=1S/C16H30N2O/c1-2-19-15-10-14(11-15)18-9-8-17-16(12-18)13-6-4-3-5-7-13/h13-17H,2-12H2,1H3. The highest BCUT2D eigenvalue weighted by Crippen LogP contribution is 2.32. The topological polar surface area (TPSA) is 24.5 Å². The molecular formula is C16H30N2O. The Kier molecular flexibility index (Phi) is 4.78. The van der Waals surface area contributed by atoms with Gasteiger partial charge in [-0.05, 0) is 38.5 Å². The zero-order valence-electron chi connectivity index (χ0n) is 12.4. The highest BCUT2D eigenvalue weighted by molar-refractivity contribution is 4.94. The second kappa shape index (κ2) is 6.55. The van der Waals surface area contributed by atoms with Crippen LogP contribution >= 0.6 is 0 Å². The molecule has 3 aliphatic rings. The van der Waals surface area contributed by atoms with Gasteiger partial charge in [0.1, 0.15) is 0 Å². The van der Waals surface area contributed by atoms with Crippen LogP contribution in [0.3, 0.4) is 0 Å². The van der Waals surface area contributed by atoms with E-state index in [1.165, 1.54) is 64.6 Å². The molecule has 3 heteroatoms. The third kappa shape index (κ3) is 3.32. The monoisotopic (exact) mass is 266 g/mol. The maximum absolute atomic E-state index is 5.70. The van der Waals surface area contributed by atoms with Crippen LogP contribution < -0.4 is 5.32 Å². The molecule has 0 aromatic rings. The SMILES string of the molecule is CCOC1CC(N2CCNC(C3CCCCC3)C2)C1. The van der Waals surface area contributed by atoms with E-state index in [0.29, 0.717) is 6.10 Å². The van der Waals surface area contributed by atoms with Gasteiger partial charge in [-0.15, -0.1) is 0 Å². The van der Waals surface area contributed by atoms with Crippen LogP contribution in [0.1, 0.15) is 51.9 Å². The third-order valence-electron chi connectivity index (χ3n) is 5.44. The molecule has 1 aliphatic heterocycles. The van der Waals surface area contributed by atoms with Crippen LogP contribution in [0.15, 0.2) is 0 Å². The summed E-state index contributed by atoms with van der Waals surface area (Å²) in [4.78, 5) is 2.74. The van der Waals surface area contributed by atoms with Crippen molar-refractivity contribution in [3.63, 3.8) is 0 Å². The smallest absolute Gasteiger partial charge is 0.0604 e. The average molecular weight is 266 g/mol. The molecule has 3 nitrogen and oxygen atoms in total. The molecular weight excluding hydrogens is 236 g/mol. The average Bonchev–Trinajstić information content (AvgIpc) is 2.43. The molecule has 0 amide bonds. The van der Waals surface area contributed by atoms with Crippen LogP contribution in [-0.2, 0) is 4.74 Å². The Morgan fingerprint density at radius 2 is 1.95 bits per heavy atom. The van der Waals surface area contributed by atoms with E-state index < -0.39 is 0 Å². The van der Waals surface area contributed by atoms with Gasteiger partial charge in [0.25, 0.3) is 0 Å². The van der Waals surface area contributed by atoms with Crippen LogP contribution in [0.2, 0.25) is 0 Å². The maximum atomic E-state index is 5.70. The molecule has 110 valence electrons. The first-order chi connectivity index (χ1) is 9.36. The lowest BCUT2D eigenvalue weighted by Crippen LogP contribution is -2.60. The minimum atomic E-state index is 0.554. The van der Waals surface area contributed by atoms with Crippen molar-refractivity contribution in [3.05, 3.63) is 0 Å². The van der Waals surface area contributed by atoms with Crippen molar-refractivity contribution < 1.29 is 4.74 Å². The van der Waals surface area contributed by atoms with Crippen LogP contribution in [0.5, 0.6) is 0 Å². The zero-order valence-corrected chi connectivity index (χ0v) is 12.4. The summed E-state index contributed by atoms with van der Waals surface area (Å²) in [7, 11) is 0. The predicted octanol–water partition coefficient (Wildman–Crippen LogP) is 2.41. The van der Waals surface area contributed by atoms with E-state index in [-0.39, 0.29) is 0 Å². The van der Waals surface area contributed by atoms with E-state index in [1.54, 1.807) is 0 Å². The van der Waals surface area contributed by atoms with E-state index in [4.69, 9.17) is 4.74 Å². The van der Waals surface area contributed by atoms with Gasteiger partial charge in [-0.3, -0.25) is 4.90 Å². The summed E-state index contributed by atoms with van der Waals surface area (Å²) in [5.74, 6) is 0.944. The lowest BCUT2D eigenvalue weighted by Gasteiger charge is -2.47. The van der Waals surface area contributed by atoms with Gasteiger partial charge in [0.05, 0.1) is 6.10 Å². The van der Waals surface area contributed by atoms with Gasteiger partial charge in [-0.2, -0.15) is 0 Å². The first kappa shape index (κ1) is 13.8. The first-order valence-electron chi connectivity index (χ1n) is 8.46. The number of piperazine rings is 1. The molecule has 3 rings (SSSR count). The number of hydrogen-bond acceptors (Lipinski definition) is 3. The van der Waals surface area contributed by atoms with Crippen molar-refractivity contribution in [2.24, 2.45) is 5.92 Å². The van der Waals surface area contributed by atoms with Gasteiger partial charge in [-0.25, -0.2) is 0 Å². The van der Waals surface area contributed by atoms with E-state index in [2.05, 4.69) is 17.1 Å². The van der Waals surface area contributed by atoms with Gasteiger partial charge in [0.15, 0.2) is 0 Å². The maximum Gasteiger partial charge on any atom is 0.0604 e. The molecule has 3 fully saturated rings. The molecule has 0 aromatic heterocycles. The Balaban J connectivity index is 1.46. The van der Waals surface area contributed by atoms with Crippen LogP contribution in [0.25, 0.3) is 0 Å². The molecule has 1 atom stereocenters.